The third-order valence-electron chi connectivity index (χ3n) is 3.05. The zero-order valence-electron chi connectivity index (χ0n) is 11.1. The summed E-state index contributed by atoms with van der Waals surface area (Å²) in [5, 5.41) is 9.04. The van der Waals surface area contributed by atoms with Crippen LogP contribution in [0.3, 0.4) is 0 Å². The number of hydrogen-bond donors (Lipinski definition) is 1. The van der Waals surface area contributed by atoms with Crippen molar-refractivity contribution in [2.45, 2.75) is 31.0 Å². The monoisotopic (exact) mass is 306 g/mol. The van der Waals surface area contributed by atoms with Gasteiger partial charge in [-0.3, -0.25) is 5.10 Å². The third kappa shape index (κ3) is 2.34. The molecule has 8 heteroatoms. The molecule has 0 aliphatic rings. The van der Waals surface area contributed by atoms with Gasteiger partial charge in [0.15, 0.2) is 10.8 Å². The Labute approximate surface area is 124 Å². The van der Waals surface area contributed by atoms with Crippen molar-refractivity contribution in [1.29, 1.82) is 0 Å². The van der Waals surface area contributed by atoms with Crippen LogP contribution in [0.4, 0.5) is 0 Å². The van der Waals surface area contributed by atoms with E-state index in [9.17, 15) is 0 Å². The Morgan fingerprint density at radius 1 is 1.05 bits per heavy atom. The van der Waals surface area contributed by atoms with Crippen molar-refractivity contribution in [3.05, 3.63) is 28.4 Å². The van der Waals surface area contributed by atoms with E-state index in [1.165, 1.54) is 11.8 Å². The lowest BCUT2D eigenvalue weighted by Gasteiger charge is -2.06. The second-order valence-electron chi connectivity index (χ2n) is 4.33. The van der Waals surface area contributed by atoms with Gasteiger partial charge in [0.1, 0.15) is 5.03 Å². The average molecular weight is 307 g/mol. The van der Waals surface area contributed by atoms with Crippen LogP contribution < -0.4 is 0 Å². The van der Waals surface area contributed by atoms with Crippen molar-refractivity contribution in [3.63, 3.8) is 0 Å². The maximum atomic E-state index is 5.91. The summed E-state index contributed by atoms with van der Waals surface area (Å²) < 4.78 is 0. The van der Waals surface area contributed by atoms with Gasteiger partial charge in [-0.15, -0.1) is 0 Å². The van der Waals surface area contributed by atoms with E-state index in [1.807, 2.05) is 20.8 Å². The Hall–Kier alpha value is -1.73. The molecule has 0 spiro atoms. The Morgan fingerprint density at radius 3 is 2.45 bits per heavy atom. The zero-order valence-corrected chi connectivity index (χ0v) is 12.7. The molecule has 0 aromatic carbocycles. The lowest BCUT2D eigenvalue weighted by atomic mass is 10.2. The molecule has 0 radical (unpaired) electrons. The van der Waals surface area contributed by atoms with E-state index in [2.05, 4.69) is 30.1 Å². The molecule has 3 heterocycles. The van der Waals surface area contributed by atoms with E-state index < -0.39 is 0 Å². The van der Waals surface area contributed by atoms with Crippen molar-refractivity contribution in [3.8, 4) is 0 Å². The minimum absolute atomic E-state index is 0.171. The molecule has 102 valence electrons. The summed E-state index contributed by atoms with van der Waals surface area (Å²) in [6.07, 6.45) is 1.67. The number of aromatic nitrogens is 6. The first-order chi connectivity index (χ1) is 9.54. The number of aryl methyl sites for hydroxylation is 2. The number of aromatic amines is 1. The van der Waals surface area contributed by atoms with Crippen LogP contribution in [0.2, 0.25) is 5.28 Å². The molecule has 3 aromatic rings. The minimum Gasteiger partial charge on any atom is -0.261 e. The molecule has 0 saturated carbocycles. The largest absolute Gasteiger partial charge is 0.261 e. The van der Waals surface area contributed by atoms with Crippen LogP contribution in [0.5, 0.6) is 0 Å². The molecule has 0 aliphatic heterocycles. The number of nitrogens with one attached hydrogen (secondary N) is 1. The highest BCUT2D eigenvalue weighted by Crippen LogP contribution is 2.30. The lowest BCUT2D eigenvalue weighted by molar-refractivity contribution is 0.878. The van der Waals surface area contributed by atoms with E-state index in [4.69, 9.17) is 11.6 Å². The minimum atomic E-state index is 0.171. The molecule has 0 unspecified atom stereocenters. The molecule has 0 saturated heterocycles. The molecule has 3 rings (SSSR count). The van der Waals surface area contributed by atoms with Crippen LogP contribution in [0.25, 0.3) is 11.0 Å². The van der Waals surface area contributed by atoms with Crippen molar-refractivity contribution in [2.24, 2.45) is 0 Å². The van der Waals surface area contributed by atoms with Gasteiger partial charge in [-0.2, -0.15) is 10.1 Å². The fourth-order valence-electron chi connectivity index (χ4n) is 1.73. The number of H-pyrrole nitrogens is 1. The normalized spacial score (nSPS) is 11.2. The lowest BCUT2D eigenvalue weighted by Crippen LogP contribution is -1.98. The predicted octanol–water partition coefficient (Wildman–Crippen LogP) is 2.87. The van der Waals surface area contributed by atoms with E-state index in [0.29, 0.717) is 15.8 Å². The third-order valence-corrected chi connectivity index (χ3v) is 4.09. The summed E-state index contributed by atoms with van der Waals surface area (Å²) in [6.45, 7) is 5.94. The molecule has 0 amide bonds. The zero-order chi connectivity index (χ0) is 14.3. The van der Waals surface area contributed by atoms with Crippen LogP contribution in [0.15, 0.2) is 16.4 Å². The summed E-state index contributed by atoms with van der Waals surface area (Å²) in [7, 11) is 0. The highest BCUT2D eigenvalue weighted by molar-refractivity contribution is 7.99. The van der Waals surface area contributed by atoms with Gasteiger partial charge in [-0.05, 0) is 49.7 Å². The topological polar surface area (TPSA) is 80.2 Å². The molecule has 6 nitrogen and oxygen atoms in total. The van der Waals surface area contributed by atoms with Crippen LogP contribution in [-0.4, -0.2) is 30.1 Å². The first-order valence-electron chi connectivity index (χ1n) is 5.91. The number of rotatable bonds is 2. The predicted molar refractivity (Wildman–Crippen MR) is 77.1 cm³/mol. The summed E-state index contributed by atoms with van der Waals surface area (Å²) in [4.78, 5) is 17.2. The first kappa shape index (κ1) is 13.3. The van der Waals surface area contributed by atoms with Crippen molar-refractivity contribution in [1.82, 2.24) is 30.1 Å². The first-order valence-corrected chi connectivity index (χ1v) is 7.10. The number of halogens is 1. The Morgan fingerprint density at radius 2 is 1.75 bits per heavy atom. The van der Waals surface area contributed by atoms with Gasteiger partial charge < -0.3 is 0 Å². The molecule has 0 atom stereocenters. The molecular weight excluding hydrogens is 296 g/mol. The van der Waals surface area contributed by atoms with Gasteiger partial charge in [0.25, 0.3) is 0 Å². The highest BCUT2D eigenvalue weighted by atomic mass is 35.5. The second kappa shape index (κ2) is 4.99. The SMILES string of the molecule is Cc1nc(Sc2nc(Cl)nc3[nH]ncc23)nc(C)c1C. The van der Waals surface area contributed by atoms with E-state index >= 15 is 0 Å². The molecule has 0 fully saturated rings. The number of hydrogen-bond acceptors (Lipinski definition) is 6. The van der Waals surface area contributed by atoms with Crippen LogP contribution in [0, 0.1) is 20.8 Å². The van der Waals surface area contributed by atoms with Crippen LogP contribution in [0.1, 0.15) is 17.0 Å². The fraction of sp³-hybridized carbons (Fsp3) is 0.250. The molecule has 20 heavy (non-hydrogen) atoms. The van der Waals surface area contributed by atoms with Gasteiger partial charge in [-0.1, -0.05) is 0 Å². The van der Waals surface area contributed by atoms with Gasteiger partial charge in [-0.25, -0.2) is 15.0 Å². The Kier molecular flexibility index (Phi) is 3.31. The quantitative estimate of drug-likeness (QED) is 0.579. The number of fused-ring (bicyclic) bond motifs is 1. The average Bonchev–Trinajstić information content (AvgIpc) is 2.84. The molecule has 0 aliphatic carbocycles. The Balaban J connectivity index is 2.07. The second-order valence-corrected chi connectivity index (χ2v) is 5.63. The smallest absolute Gasteiger partial charge is 0.225 e. The standard InChI is InChI=1S/C12H11ClN6S/c1-5-6(2)15-12(16-7(5)3)20-10-8-4-14-19-9(8)17-11(13)18-10/h4H,1-3H3,(H,14,17,18,19). The number of nitrogens with zero attached hydrogens (tertiary/aromatic N) is 5. The van der Waals surface area contributed by atoms with E-state index in [-0.39, 0.29) is 5.28 Å². The molecule has 1 N–H and O–H groups in total. The van der Waals surface area contributed by atoms with Crippen molar-refractivity contribution < 1.29 is 0 Å². The highest BCUT2D eigenvalue weighted by Gasteiger charge is 2.13. The van der Waals surface area contributed by atoms with Gasteiger partial charge in [0.2, 0.25) is 5.28 Å². The van der Waals surface area contributed by atoms with Gasteiger partial charge in [0.05, 0.1) is 11.6 Å². The van der Waals surface area contributed by atoms with Gasteiger partial charge >= 0.3 is 0 Å². The maximum Gasteiger partial charge on any atom is 0.225 e. The maximum absolute atomic E-state index is 5.91. The Bertz CT molecular complexity index is 777. The fourth-order valence-corrected chi connectivity index (χ4v) is 2.88. The van der Waals surface area contributed by atoms with E-state index in [1.54, 1.807) is 6.20 Å². The van der Waals surface area contributed by atoms with Crippen molar-refractivity contribution >= 4 is 34.4 Å². The summed E-state index contributed by atoms with van der Waals surface area (Å²) in [5.74, 6) is 0. The van der Waals surface area contributed by atoms with E-state index in [0.717, 1.165) is 22.3 Å². The van der Waals surface area contributed by atoms with Crippen molar-refractivity contribution in [2.75, 3.05) is 0 Å². The van der Waals surface area contributed by atoms with Crippen LogP contribution >= 0.6 is 23.4 Å². The summed E-state index contributed by atoms with van der Waals surface area (Å²) in [6, 6.07) is 0. The summed E-state index contributed by atoms with van der Waals surface area (Å²) >= 11 is 7.27. The molecule has 3 aromatic heterocycles. The molecular formula is C12H11ClN6S. The van der Waals surface area contributed by atoms with Gasteiger partial charge in [0, 0.05) is 11.4 Å². The van der Waals surface area contributed by atoms with Crippen LogP contribution in [-0.2, 0) is 0 Å². The molecule has 0 bridgehead atoms. The summed E-state index contributed by atoms with van der Waals surface area (Å²) in [5.41, 5.74) is 3.63.